The number of carbonyl (C=O) groups excluding carboxylic acids is 2. The molecule has 29 heavy (non-hydrogen) atoms. The minimum atomic E-state index is -3.02. The Bertz CT molecular complexity index is 1000. The first kappa shape index (κ1) is 21.3. The summed E-state index contributed by atoms with van der Waals surface area (Å²) in [7, 11) is -1.44. The van der Waals surface area contributed by atoms with Crippen LogP contribution in [0.3, 0.4) is 0 Å². The SMILES string of the molecule is COC1CCN(C(=O)c2ccc(NC(=O)Cc3ccccc3Cl)cc2[SH](=O)=O)C1. The lowest BCUT2D eigenvalue weighted by molar-refractivity contribution is -0.115. The van der Waals surface area contributed by atoms with Crippen LogP contribution in [-0.4, -0.2) is 51.4 Å². The number of likely N-dealkylation sites (tertiary alicyclic amines) is 1. The van der Waals surface area contributed by atoms with Crippen LogP contribution in [0, 0.1) is 0 Å². The third-order valence-electron chi connectivity index (χ3n) is 4.78. The van der Waals surface area contributed by atoms with Gasteiger partial charge in [-0.1, -0.05) is 29.8 Å². The number of nitrogens with zero attached hydrogens (tertiary/aromatic N) is 1. The Balaban J connectivity index is 1.76. The van der Waals surface area contributed by atoms with Gasteiger partial charge < -0.3 is 15.0 Å². The summed E-state index contributed by atoms with van der Waals surface area (Å²) >= 11 is 6.07. The van der Waals surface area contributed by atoms with Crippen molar-refractivity contribution in [2.45, 2.75) is 23.8 Å². The molecule has 3 rings (SSSR count). The maximum atomic E-state index is 12.7. The Morgan fingerprint density at radius 2 is 2.00 bits per heavy atom. The molecule has 1 unspecified atom stereocenters. The standard InChI is InChI=1S/C20H21ClN2O5S/c1-28-15-8-9-23(12-15)20(25)16-7-6-14(11-18(16)29(26)27)22-19(24)10-13-4-2-3-5-17(13)21/h2-7,11,15,29H,8-10,12H2,1H3,(H,22,24). The lowest BCUT2D eigenvalue weighted by Crippen LogP contribution is -2.30. The van der Waals surface area contributed by atoms with Crippen molar-refractivity contribution in [3.8, 4) is 0 Å². The van der Waals surface area contributed by atoms with Gasteiger partial charge in [0.1, 0.15) is 0 Å². The normalized spacial score (nSPS) is 16.2. The van der Waals surface area contributed by atoms with Crippen molar-refractivity contribution in [1.29, 1.82) is 0 Å². The highest BCUT2D eigenvalue weighted by Gasteiger charge is 2.28. The van der Waals surface area contributed by atoms with Crippen LogP contribution in [0.1, 0.15) is 22.3 Å². The Morgan fingerprint density at radius 1 is 1.24 bits per heavy atom. The molecule has 2 amide bonds. The molecule has 0 aliphatic carbocycles. The maximum Gasteiger partial charge on any atom is 0.255 e. The molecule has 7 nitrogen and oxygen atoms in total. The highest BCUT2D eigenvalue weighted by atomic mass is 35.5. The number of halogens is 1. The molecule has 2 aromatic rings. The molecule has 1 atom stereocenters. The Hall–Kier alpha value is -2.42. The van der Waals surface area contributed by atoms with Crippen molar-refractivity contribution in [2.24, 2.45) is 0 Å². The number of nitrogens with one attached hydrogen (secondary N) is 1. The molecule has 2 aromatic carbocycles. The van der Waals surface area contributed by atoms with Crippen molar-refractivity contribution in [1.82, 2.24) is 4.90 Å². The monoisotopic (exact) mass is 436 g/mol. The van der Waals surface area contributed by atoms with Gasteiger partial charge in [-0.2, -0.15) is 0 Å². The van der Waals surface area contributed by atoms with E-state index in [-0.39, 0.29) is 34.8 Å². The Morgan fingerprint density at radius 3 is 2.66 bits per heavy atom. The molecule has 0 aromatic heterocycles. The molecular weight excluding hydrogens is 416 g/mol. The topological polar surface area (TPSA) is 92.8 Å². The van der Waals surface area contributed by atoms with Crippen molar-refractivity contribution in [2.75, 3.05) is 25.5 Å². The minimum absolute atomic E-state index is 0.0470. The zero-order valence-corrected chi connectivity index (χ0v) is 17.4. The van der Waals surface area contributed by atoms with E-state index in [0.717, 1.165) is 0 Å². The highest BCUT2D eigenvalue weighted by Crippen LogP contribution is 2.23. The van der Waals surface area contributed by atoms with Crippen LogP contribution < -0.4 is 5.32 Å². The summed E-state index contributed by atoms with van der Waals surface area (Å²) in [6.45, 7) is 0.920. The molecule has 1 fully saturated rings. The van der Waals surface area contributed by atoms with Crippen LogP contribution in [0.5, 0.6) is 0 Å². The van der Waals surface area contributed by atoms with E-state index in [4.69, 9.17) is 16.3 Å². The van der Waals surface area contributed by atoms with Gasteiger partial charge in [0.05, 0.1) is 23.0 Å². The van der Waals surface area contributed by atoms with Crippen LogP contribution in [-0.2, 0) is 26.7 Å². The second-order valence-corrected chi connectivity index (χ2v) is 8.11. The summed E-state index contributed by atoms with van der Waals surface area (Å²) in [6.07, 6.45) is 0.703. The number of carbonyl (C=O) groups is 2. The first-order valence-corrected chi connectivity index (χ1v) is 10.6. The molecular formula is C20H21ClN2O5S. The van der Waals surface area contributed by atoms with E-state index in [9.17, 15) is 18.0 Å². The van der Waals surface area contributed by atoms with Crippen LogP contribution in [0.25, 0.3) is 0 Å². The van der Waals surface area contributed by atoms with Gasteiger partial charge in [0, 0.05) is 30.9 Å². The first-order valence-electron chi connectivity index (χ1n) is 9.02. The van der Waals surface area contributed by atoms with E-state index >= 15 is 0 Å². The van der Waals surface area contributed by atoms with E-state index in [1.807, 2.05) is 0 Å². The average molecular weight is 437 g/mol. The number of thiol groups is 1. The van der Waals surface area contributed by atoms with Gasteiger partial charge in [-0.25, -0.2) is 8.42 Å². The smallest absolute Gasteiger partial charge is 0.255 e. The number of benzene rings is 2. The molecule has 154 valence electrons. The van der Waals surface area contributed by atoms with Gasteiger partial charge >= 0.3 is 0 Å². The fourth-order valence-electron chi connectivity index (χ4n) is 3.24. The predicted octanol–water partition coefficient (Wildman–Crippen LogP) is 2.35. The van der Waals surface area contributed by atoms with E-state index in [1.165, 1.54) is 18.2 Å². The van der Waals surface area contributed by atoms with E-state index in [1.54, 1.807) is 36.3 Å². The zero-order valence-electron chi connectivity index (χ0n) is 15.8. The summed E-state index contributed by atoms with van der Waals surface area (Å²) in [4.78, 5) is 26.5. The highest BCUT2D eigenvalue weighted by molar-refractivity contribution is 7.72. The number of rotatable bonds is 6. The lowest BCUT2D eigenvalue weighted by atomic mass is 10.1. The molecule has 1 saturated heterocycles. The zero-order chi connectivity index (χ0) is 21.0. The number of amides is 2. The molecule has 1 heterocycles. The van der Waals surface area contributed by atoms with E-state index < -0.39 is 10.7 Å². The number of methoxy groups -OCH3 is 1. The third kappa shape index (κ3) is 5.14. The second-order valence-electron chi connectivity index (χ2n) is 6.70. The third-order valence-corrected chi connectivity index (χ3v) is 5.92. The van der Waals surface area contributed by atoms with E-state index in [0.29, 0.717) is 35.8 Å². The number of anilines is 1. The summed E-state index contributed by atoms with van der Waals surface area (Å²) in [5.41, 5.74) is 1.04. The van der Waals surface area contributed by atoms with E-state index in [2.05, 4.69) is 5.32 Å². The fourth-order valence-corrected chi connectivity index (χ4v) is 4.05. The number of hydrogen-bond donors (Lipinski definition) is 2. The first-order chi connectivity index (χ1) is 13.9. The van der Waals surface area contributed by atoms with Gasteiger partial charge in [-0.3, -0.25) is 9.59 Å². The summed E-state index contributed by atoms with van der Waals surface area (Å²) in [5, 5.41) is 3.13. The van der Waals surface area contributed by atoms with Gasteiger partial charge in [0.15, 0.2) is 10.7 Å². The van der Waals surface area contributed by atoms with Gasteiger partial charge in [-0.05, 0) is 36.2 Å². The predicted molar refractivity (Wildman–Crippen MR) is 110 cm³/mol. The second kappa shape index (κ2) is 9.39. The largest absolute Gasteiger partial charge is 0.380 e. The van der Waals surface area contributed by atoms with Crippen LogP contribution in [0.4, 0.5) is 5.69 Å². The van der Waals surface area contributed by atoms with Crippen LogP contribution in [0.2, 0.25) is 5.02 Å². The minimum Gasteiger partial charge on any atom is -0.380 e. The van der Waals surface area contributed by atoms with Crippen molar-refractivity contribution in [3.05, 3.63) is 58.6 Å². The molecule has 0 spiro atoms. The molecule has 0 saturated carbocycles. The Kier molecular flexibility index (Phi) is 6.89. The quantitative estimate of drug-likeness (QED) is 0.678. The van der Waals surface area contributed by atoms with Gasteiger partial charge in [0.25, 0.3) is 5.91 Å². The van der Waals surface area contributed by atoms with Crippen LogP contribution in [0.15, 0.2) is 47.4 Å². The maximum absolute atomic E-state index is 12.7. The number of hydrogen-bond acceptors (Lipinski definition) is 5. The lowest BCUT2D eigenvalue weighted by Gasteiger charge is -2.17. The summed E-state index contributed by atoms with van der Waals surface area (Å²) in [5.74, 6) is -0.709. The van der Waals surface area contributed by atoms with Crippen molar-refractivity contribution in [3.63, 3.8) is 0 Å². The van der Waals surface area contributed by atoms with Gasteiger partial charge in [0.2, 0.25) is 5.91 Å². The van der Waals surface area contributed by atoms with Crippen molar-refractivity contribution < 1.29 is 22.7 Å². The van der Waals surface area contributed by atoms with Crippen molar-refractivity contribution >= 4 is 39.8 Å². The fraction of sp³-hybridized carbons (Fsp3) is 0.300. The molecule has 1 aliphatic heterocycles. The summed E-state index contributed by atoms with van der Waals surface area (Å²) < 4.78 is 28.7. The molecule has 0 radical (unpaired) electrons. The Labute approximate surface area is 175 Å². The van der Waals surface area contributed by atoms with Gasteiger partial charge in [-0.15, -0.1) is 0 Å². The molecule has 9 heteroatoms. The molecule has 1 aliphatic rings. The summed E-state index contributed by atoms with van der Waals surface area (Å²) in [6, 6.07) is 11.2. The average Bonchev–Trinajstić information content (AvgIpc) is 3.18. The molecule has 0 bridgehead atoms. The van der Waals surface area contributed by atoms with Crippen LogP contribution >= 0.6 is 11.6 Å². The molecule has 1 N–H and O–H groups in total. The number of ether oxygens (including phenoxy) is 1.